The minimum atomic E-state index is -0.363. The molecule has 0 amide bonds. The fourth-order valence-corrected chi connectivity index (χ4v) is 10.4. The number of hydrogen-bond donors (Lipinski definition) is 1. The third kappa shape index (κ3) is 13.0. The van der Waals surface area contributed by atoms with Crippen molar-refractivity contribution in [2.45, 2.75) is 97.0 Å². The minimum Gasteiger partial charge on any atom is -0.466 e. The molecule has 0 saturated carbocycles. The molecule has 0 saturated heterocycles. The van der Waals surface area contributed by atoms with Crippen LogP contribution in [0.1, 0.15) is 105 Å². The van der Waals surface area contributed by atoms with Crippen LogP contribution >= 0.6 is 47.9 Å². The molecule has 2 aliphatic carbocycles. The first kappa shape index (κ1) is 53.2. The Balaban J connectivity index is 0.000000247. The number of nitrogens with zero attached hydrogens (tertiary/aromatic N) is 3. The highest BCUT2D eigenvalue weighted by Gasteiger charge is 2.44. The van der Waals surface area contributed by atoms with Crippen molar-refractivity contribution in [3.05, 3.63) is 81.2 Å². The van der Waals surface area contributed by atoms with Crippen LogP contribution < -0.4 is 0 Å². The summed E-state index contributed by atoms with van der Waals surface area (Å²) in [5.41, 5.74) is 8.03. The van der Waals surface area contributed by atoms with E-state index < -0.39 is 0 Å². The van der Waals surface area contributed by atoms with Gasteiger partial charge in [0.25, 0.3) is 0 Å². The van der Waals surface area contributed by atoms with E-state index in [0.29, 0.717) is 66.6 Å². The number of esters is 3. The van der Waals surface area contributed by atoms with Gasteiger partial charge in [0, 0.05) is 40.7 Å². The highest BCUT2D eigenvalue weighted by molar-refractivity contribution is 8.18. The van der Waals surface area contributed by atoms with Crippen molar-refractivity contribution in [1.29, 1.82) is 0 Å². The van der Waals surface area contributed by atoms with E-state index in [0.717, 1.165) is 57.2 Å². The molecule has 0 spiro atoms. The zero-order chi connectivity index (χ0) is 47.0. The summed E-state index contributed by atoms with van der Waals surface area (Å²) in [6.07, 6.45) is 10.4. The van der Waals surface area contributed by atoms with Crippen LogP contribution in [0, 0.1) is 39.5 Å². The van der Waals surface area contributed by atoms with E-state index in [1.165, 1.54) is 0 Å². The Labute approximate surface area is 389 Å². The summed E-state index contributed by atoms with van der Waals surface area (Å²) in [4.78, 5) is 49.2. The van der Waals surface area contributed by atoms with Gasteiger partial charge in [-0.05, 0) is 135 Å². The van der Waals surface area contributed by atoms with E-state index in [9.17, 15) is 19.2 Å². The Hall–Kier alpha value is -4.19. The van der Waals surface area contributed by atoms with E-state index in [-0.39, 0.29) is 39.6 Å². The summed E-state index contributed by atoms with van der Waals surface area (Å²) in [6.45, 7) is 17.8. The van der Waals surface area contributed by atoms with Crippen molar-refractivity contribution in [2.75, 3.05) is 44.8 Å². The van der Waals surface area contributed by atoms with Crippen LogP contribution in [0.15, 0.2) is 59.9 Å². The number of benzene rings is 1. The maximum absolute atomic E-state index is 12.3. The number of thiol groups is 1. The number of ketones is 1. The highest BCUT2D eigenvalue weighted by atomic mass is 32.2. The Bertz CT molecular complexity index is 2250. The number of allylic oxidation sites excluding steroid dienone is 1. The molecule has 2 aliphatic rings. The van der Waals surface area contributed by atoms with Crippen LogP contribution in [0.4, 0.5) is 0 Å². The van der Waals surface area contributed by atoms with Gasteiger partial charge in [0.1, 0.15) is 0 Å². The van der Waals surface area contributed by atoms with E-state index in [1.807, 2.05) is 59.1 Å². The molecule has 2 atom stereocenters. The number of aryl methyl sites for hydroxylation is 3. The lowest BCUT2D eigenvalue weighted by molar-refractivity contribution is -0.148. The van der Waals surface area contributed by atoms with Crippen LogP contribution in [0.5, 0.6) is 0 Å². The zero-order valence-electron chi connectivity index (χ0n) is 38.6. The molecule has 344 valence electrons. The summed E-state index contributed by atoms with van der Waals surface area (Å²) < 4.78 is 31.3. The SMILES string of the molecule is CCOC(=O)C1CCC(=O)C(c2cc(C)no2)=C1C.CCOC(=O)C1CCC(SC)(SC)C(c2cc(C)no2)=C1C.CCOC(=O)c1ccc(SC)c(-c2cc(C)no2)c1C.CS. The summed E-state index contributed by atoms with van der Waals surface area (Å²) in [5, 5.41) is 11.7. The smallest absolute Gasteiger partial charge is 0.338 e. The second-order valence-electron chi connectivity index (χ2n) is 14.4. The quantitative estimate of drug-likeness (QED) is 0.0466. The zero-order valence-corrected chi connectivity index (χ0v) is 41.9. The van der Waals surface area contributed by atoms with Gasteiger partial charge in [-0.1, -0.05) is 15.5 Å². The van der Waals surface area contributed by atoms with Crippen molar-refractivity contribution in [2.24, 2.45) is 11.8 Å². The lowest BCUT2D eigenvalue weighted by Gasteiger charge is -2.39. The molecule has 3 aromatic heterocycles. The predicted octanol–water partition coefficient (Wildman–Crippen LogP) is 10.9. The van der Waals surface area contributed by atoms with Crippen LogP contribution in [0.25, 0.3) is 22.5 Å². The van der Waals surface area contributed by atoms with Gasteiger partial charge in [-0.3, -0.25) is 14.4 Å². The van der Waals surface area contributed by atoms with E-state index in [4.69, 9.17) is 27.8 Å². The Morgan fingerprint density at radius 1 is 0.714 bits per heavy atom. The van der Waals surface area contributed by atoms with Crippen LogP contribution in [-0.2, 0) is 28.6 Å². The normalized spacial score (nSPS) is 16.8. The van der Waals surface area contributed by atoms with Crippen molar-refractivity contribution >= 4 is 82.8 Å². The first-order valence-electron chi connectivity index (χ1n) is 20.6. The fraction of sp³-hybridized carbons (Fsp3) is 0.500. The second-order valence-corrected chi connectivity index (χ2v) is 17.7. The molecular weight excluding hydrogens is 883 g/mol. The number of ether oxygens (including phenoxy) is 3. The molecule has 6 rings (SSSR count). The molecular formula is C46H61N3O10S4. The van der Waals surface area contributed by atoms with Crippen molar-refractivity contribution < 1.29 is 47.0 Å². The topological polar surface area (TPSA) is 174 Å². The van der Waals surface area contributed by atoms with E-state index >= 15 is 0 Å². The van der Waals surface area contributed by atoms with Gasteiger partial charge in [0.15, 0.2) is 23.1 Å². The Morgan fingerprint density at radius 3 is 1.67 bits per heavy atom. The van der Waals surface area contributed by atoms with Crippen LogP contribution in [0.3, 0.4) is 0 Å². The third-order valence-corrected chi connectivity index (χ3v) is 14.4. The third-order valence-electron chi connectivity index (χ3n) is 10.5. The maximum Gasteiger partial charge on any atom is 0.338 e. The van der Waals surface area contributed by atoms with Gasteiger partial charge in [-0.25, -0.2) is 4.79 Å². The highest BCUT2D eigenvalue weighted by Crippen LogP contribution is 2.55. The standard InChI is InChI=1S/C16H23NO3S2.C15H17NO3S.C14H17NO4.CH4S/c1-6-19-15(18)12-7-8-16(21-4,22-5)14(11(12)3)13-9-10(2)17-20-13;1-5-18-15(17)11-6-7-13(20-4)14(10(11)3)12-8-9(2)16-19-12;1-4-18-14(17)10-5-6-11(16)13(9(10)3)12-7-8(2)15-19-12;1-2/h9,12H,6-8H2,1-5H3;6-8H,5H2,1-4H3;7,10H,4-6H2,1-3H3;2H,1H3. The van der Waals surface area contributed by atoms with Crippen LogP contribution in [-0.4, -0.2) is 88.1 Å². The molecule has 1 aromatic carbocycles. The molecule has 13 nitrogen and oxygen atoms in total. The predicted molar refractivity (Wildman–Crippen MR) is 255 cm³/mol. The van der Waals surface area contributed by atoms with Gasteiger partial charge < -0.3 is 27.8 Å². The summed E-state index contributed by atoms with van der Waals surface area (Å²) in [7, 11) is 0. The summed E-state index contributed by atoms with van der Waals surface area (Å²) in [5.74, 6) is 0.609. The maximum atomic E-state index is 12.3. The van der Waals surface area contributed by atoms with Crippen LogP contribution in [0.2, 0.25) is 0 Å². The fourth-order valence-electron chi connectivity index (χ4n) is 7.48. The summed E-state index contributed by atoms with van der Waals surface area (Å²) >= 11 is 8.74. The average molecular weight is 944 g/mol. The van der Waals surface area contributed by atoms with E-state index in [1.54, 1.807) is 81.4 Å². The number of thioether (sulfide) groups is 3. The van der Waals surface area contributed by atoms with Gasteiger partial charge in [-0.15, -0.1) is 35.3 Å². The number of carbonyl (C=O) groups is 4. The molecule has 63 heavy (non-hydrogen) atoms. The number of rotatable bonds is 12. The first-order chi connectivity index (χ1) is 30.1. The van der Waals surface area contributed by atoms with Gasteiger partial charge >= 0.3 is 17.9 Å². The largest absolute Gasteiger partial charge is 0.466 e. The Morgan fingerprint density at radius 2 is 1.21 bits per heavy atom. The second kappa shape index (κ2) is 25.3. The minimum absolute atomic E-state index is 0.00537. The van der Waals surface area contributed by atoms with Crippen molar-refractivity contribution in [1.82, 2.24) is 15.5 Å². The molecule has 0 N–H and O–H groups in total. The van der Waals surface area contributed by atoms with Gasteiger partial charge in [-0.2, -0.15) is 12.6 Å². The van der Waals surface area contributed by atoms with E-state index in [2.05, 4.69) is 40.6 Å². The van der Waals surface area contributed by atoms with Gasteiger partial charge in [0.05, 0.1) is 64.0 Å². The first-order valence-corrected chi connectivity index (χ1v) is 25.2. The molecule has 0 radical (unpaired) electrons. The molecule has 0 bridgehead atoms. The number of hydrogen-bond acceptors (Lipinski definition) is 17. The summed E-state index contributed by atoms with van der Waals surface area (Å²) in [6, 6.07) is 9.25. The molecule has 17 heteroatoms. The molecule has 3 heterocycles. The van der Waals surface area contributed by atoms with Crippen molar-refractivity contribution in [3.8, 4) is 11.3 Å². The number of aromatic nitrogens is 3. The number of Topliss-reactive ketones (excluding diaryl/α,β-unsaturated/α-hetero) is 1. The van der Waals surface area contributed by atoms with Gasteiger partial charge in [0.2, 0.25) is 0 Å². The molecule has 0 aliphatic heterocycles. The molecule has 0 fully saturated rings. The molecule has 2 unspecified atom stereocenters. The Kier molecular flexibility index (Phi) is 21.4. The number of carbonyl (C=O) groups excluding carboxylic acids is 4. The molecule has 4 aromatic rings. The average Bonchev–Trinajstić information content (AvgIpc) is 4.02. The van der Waals surface area contributed by atoms with Crippen molar-refractivity contribution in [3.63, 3.8) is 0 Å². The lowest BCUT2D eigenvalue weighted by Crippen LogP contribution is -2.33. The lowest BCUT2D eigenvalue weighted by atomic mass is 9.81. The monoisotopic (exact) mass is 943 g/mol.